The minimum absolute atomic E-state index is 0.210. The van der Waals surface area contributed by atoms with Crippen molar-refractivity contribution < 1.29 is 9.53 Å². The summed E-state index contributed by atoms with van der Waals surface area (Å²) in [5.74, 6) is 0.330. The van der Waals surface area contributed by atoms with E-state index in [9.17, 15) is 4.79 Å². The smallest absolute Gasteiger partial charge is 0.248 e. The van der Waals surface area contributed by atoms with Crippen LogP contribution in [0.1, 0.15) is 10.4 Å². The molecule has 104 valence electrons. The van der Waals surface area contributed by atoms with Crippen LogP contribution in [0.3, 0.4) is 0 Å². The molecule has 0 atom stereocenters. The first-order valence-electron chi connectivity index (χ1n) is 5.97. The number of rotatable bonds is 4. The summed E-state index contributed by atoms with van der Waals surface area (Å²) in [6.07, 6.45) is 3.27. The van der Waals surface area contributed by atoms with Gasteiger partial charge in [-0.25, -0.2) is 0 Å². The number of amides is 1. The van der Waals surface area contributed by atoms with E-state index in [4.69, 9.17) is 16.3 Å². The molecule has 1 heterocycles. The Bertz CT molecular complexity index is 636. The van der Waals surface area contributed by atoms with E-state index in [1.165, 1.54) is 13.2 Å². The number of anilines is 1. The van der Waals surface area contributed by atoms with E-state index in [0.717, 1.165) is 10.4 Å². The lowest BCUT2D eigenvalue weighted by Gasteiger charge is -2.11. The maximum absolute atomic E-state index is 11.9. The summed E-state index contributed by atoms with van der Waals surface area (Å²) >= 11 is 7.60. The summed E-state index contributed by atoms with van der Waals surface area (Å²) in [6, 6.07) is 7.36. The molecule has 0 aliphatic rings. The van der Waals surface area contributed by atoms with E-state index in [0.29, 0.717) is 16.5 Å². The predicted octanol–water partition coefficient (Wildman–Crippen LogP) is 4.37. The van der Waals surface area contributed by atoms with Crippen molar-refractivity contribution in [2.45, 2.75) is 6.92 Å². The van der Waals surface area contributed by atoms with E-state index >= 15 is 0 Å². The Balaban J connectivity index is 2.13. The van der Waals surface area contributed by atoms with Gasteiger partial charge in [0.25, 0.3) is 0 Å². The molecule has 1 N–H and O–H groups in total. The quantitative estimate of drug-likeness (QED) is 0.852. The summed E-state index contributed by atoms with van der Waals surface area (Å²) in [4.78, 5) is 12.9. The molecule has 2 rings (SSSR count). The standard InChI is InChI=1S/C15H14ClNO2S/c1-10-8-13(14(19-2)9-12(10)16)17-15(18)6-5-11-4-3-7-20-11/h3-9H,1-2H3,(H,17,18). The molecule has 0 bridgehead atoms. The molecular weight excluding hydrogens is 294 g/mol. The molecule has 2 aromatic rings. The molecule has 0 fully saturated rings. The molecule has 0 spiro atoms. The van der Waals surface area contributed by atoms with Crippen LogP contribution < -0.4 is 10.1 Å². The zero-order valence-corrected chi connectivity index (χ0v) is 12.7. The Labute approximate surface area is 126 Å². The largest absolute Gasteiger partial charge is 0.495 e. The van der Waals surface area contributed by atoms with Gasteiger partial charge in [-0.3, -0.25) is 4.79 Å². The maximum atomic E-state index is 11.9. The lowest BCUT2D eigenvalue weighted by molar-refractivity contribution is -0.111. The number of halogens is 1. The molecule has 0 saturated carbocycles. The monoisotopic (exact) mass is 307 g/mol. The first-order chi connectivity index (χ1) is 9.60. The lowest BCUT2D eigenvalue weighted by atomic mass is 10.2. The third-order valence-corrected chi connectivity index (χ3v) is 3.93. The van der Waals surface area contributed by atoms with Crippen LogP contribution in [-0.4, -0.2) is 13.0 Å². The minimum atomic E-state index is -0.210. The van der Waals surface area contributed by atoms with Gasteiger partial charge in [0.1, 0.15) is 5.75 Å². The molecule has 0 unspecified atom stereocenters. The van der Waals surface area contributed by atoms with Crippen LogP contribution in [0, 0.1) is 6.92 Å². The van der Waals surface area contributed by atoms with Crippen molar-refractivity contribution in [3.63, 3.8) is 0 Å². The summed E-state index contributed by atoms with van der Waals surface area (Å²) in [5, 5.41) is 5.35. The van der Waals surface area contributed by atoms with Crippen LogP contribution in [0.5, 0.6) is 5.75 Å². The highest BCUT2D eigenvalue weighted by Gasteiger charge is 2.08. The highest BCUT2D eigenvalue weighted by Crippen LogP contribution is 2.30. The van der Waals surface area contributed by atoms with Crippen LogP contribution >= 0.6 is 22.9 Å². The van der Waals surface area contributed by atoms with E-state index in [-0.39, 0.29) is 5.91 Å². The fraction of sp³-hybridized carbons (Fsp3) is 0.133. The van der Waals surface area contributed by atoms with E-state index in [1.807, 2.05) is 24.4 Å². The molecule has 20 heavy (non-hydrogen) atoms. The molecule has 1 aromatic heterocycles. The van der Waals surface area contributed by atoms with E-state index in [2.05, 4.69) is 5.32 Å². The number of ether oxygens (including phenoxy) is 1. The van der Waals surface area contributed by atoms with Gasteiger partial charge < -0.3 is 10.1 Å². The second kappa shape index (κ2) is 6.59. The number of benzene rings is 1. The van der Waals surface area contributed by atoms with Crippen LogP contribution in [0.25, 0.3) is 6.08 Å². The average Bonchev–Trinajstić information content (AvgIpc) is 2.93. The highest BCUT2D eigenvalue weighted by molar-refractivity contribution is 7.10. The van der Waals surface area contributed by atoms with Gasteiger partial charge in [0.2, 0.25) is 5.91 Å². The van der Waals surface area contributed by atoms with Gasteiger partial charge in [-0.2, -0.15) is 0 Å². The first kappa shape index (κ1) is 14.6. The van der Waals surface area contributed by atoms with E-state index < -0.39 is 0 Å². The zero-order valence-electron chi connectivity index (χ0n) is 11.1. The SMILES string of the molecule is COc1cc(Cl)c(C)cc1NC(=O)C=Cc1cccs1. The number of carbonyl (C=O) groups excluding carboxylic acids is 1. The van der Waals surface area contributed by atoms with Crippen LogP contribution in [0.2, 0.25) is 5.02 Å². The summed E-state index contributed by atoms with van der Waals surface area (Å²) in [5.41, 5.74) is 1.49. The molecule has 3 nitrogen and oxygen atoms in total. The van der Waals surface area contributed by atoms with Crippen molar-refractivity contribution >= 4 is 40.6 Å². The third kappa shape index (κ3) is 3.62. The van der Waals surface area contributed by atoms with Crippen molar-refractivity contribution in [3.05, 3.63) is 51.2 Å². The fourth-order valence-electron chi connectivity index (χ4n) is 1.65. The number of methoxy groups -OCH3 is 1. The Hall–Kier alpha value is -1.78. The van der Waals surface area contributed by atoms with Gasteiger partial charge in [0.15, 0.2) is 0 Å². The number of carbonyl (C=O) groups is 1. The normalized spacial score (nSPS) is 10.8. The van der Waals surface area contributed by atoms with Gasteiger partial charge in [-0.05, 0) is 36.1 Å². The third-order valence-electron chi connectivity index (χ3n) is 2.68. The molecule has 1 aromatic carbocycles. The summed E-state index contributed by atoms with van der Waals surface area (Å²) < 4.78 is 5.21. The zero-order chi connectivity index (χ0) is 14.5. The van der Waals surface area contributed by atoms with Gasteiger partial charge in [-0.15, -0.1) is 11.3 Å². The molecule has 0 aliphatic heterocycles. The Morgan fingerprint density at radius 1 is 1.45 bits per heavy atom. The number of thiophene rings is 1. The van der Waals surface area contributed by atoms with Crippen LogP contribution in [0.4, 0.5) is 5.69 Å². The Morgan fingerprint density at radius 2 is 2.25 bits per heavy atom. The number of hydrogen-bond donors (Lipinski definition) is 1. The van der Waals surface area contributed by atoms with Gasteiger partial charge in [0, 0.05) is 22.0 Å². The van der Waals surface area contributed by atoms with Crippen molar-refractivity contribution in [3.8, 4) is 5.75 Å². The first-order valence-corrected chi connectivity index (χ1v) is 7.22. The molecule has 0 saturated heterocycles. The molecule has 1 amide bonds. The topological polar surface area (TPSA) is 38.3 Å². The second-order valence-electron chi connectivity index (χ2n) is 4.14. The van der Waals surface area contributed by atoms with Crippen LogP contribution in [-0.2, 0) is 4.79 Å². The van der Waals surface area contributed by atoms with Crippen molar-refractivity contribution in [1.29, 1.82) is 0 Å². The van der Waals surface area contributed by atoms with Crippen molar-refractivity contribution in [2.75, 3.05) is 12.4 Å². The van der Waals surface area contributed by atoms with Crippen LogP contribution in [0.15, 0.2) is 35.7 Å². The second-order valence-corrected chi connectivity index (χ2v) is 5.53. The fourth-order valence-corrected chi connectivity index (χ4v) is 2.42. The number of nitrogens with one attached hydrogen (secondary N) is 1. The van der Waals surface area contributed by atoms with Gasteiger partial charge in [-0.1, -0.05) is 17.7 Å². The summed E-state index contributed by atoms with van der Waals surface area (Å²) in [7, 11) is 1.54. The predicted molar refractivity (Wildman–Crippen MR) is 84.7 cm³/mol. The minimum Gasteiger partial charge on any atom is -0.495 e. The van der Waals surface area contributed by atoms with Crippen molar-refractivity contribution in [2.24, 2.45) is 0 Å². The Morgan fingerprint density at radius 3 is 2.90 bits per heavy atom. The van der Waals surface area contributed by atoms with Crippen molar-refractivity contribution in [1.82, 2.24) is 0 Å². The highest BCUT2D eigenvalue weighted by atomic mass is 35.5. The molecule has 0 radical (unpaired) electrons. The van der Waals surface area contributed by atoms with Gasteiger partial charge >= 0.3 is 0 Å². The number of aryl methyl sites for hydroxylation is 1. The average molecular weight is 308 g/mol. The molecule has 0 aliphatic carbocycles. The summed E-state index contributed by atoms with van der Waals surface area (Å²) in [6.45, 7) is 1.87. The Kier molecular flexibility index (Phi) is 4.82. The lowest BCUT2D eigenvalue weighted by Crippen LogP contribution is -2.09. The maximum Gasteiger partial charge on any atom is 0.248 e. The van der Waals surface area contributed by atoms with Gasteiger partial charge in [0.05, 0.1) is 12.8 Å². The number of hydrogen-bond acceptors (Lipinski definition) is 3. The molecular formula is C15H14ClNO2S. The van der Waals surface area contributed by atoms with E-state index in [1.54, 1.807) is 29.5 Å². The molecule has 5 heteroatoms.